The molecule has 0 bridgehead atoms. The van der Waals surface area contributed by atoms with E-state index in [-0.39, 0.29) is 0 Å². The molecule has 0 aliphatic carbocycles. The maximum Gasteiger partial charge on any atom is 0.184 e. The topological polar surface area (TPSA) is 35.5 Å². The Bertz CT molecular complexity index is 707. The number of hydrogen-bond donors (Lipinski definition) is 0. The molecule has 0 fully saturated rings. The third kappa shape index (κ3) is 6.55. The lowest BCUT2D eigenvalue weighted by molar-refractivity contribution is -0.113. The summed E-state index contributed by atoms with van der Waals surface area (Å²) in [5, 5.41) is 0. The number of halogens is 1. The van der Waals surface area contributed by atoms with Crippen molar-refractivity contribution in [3.63, 3.8) is 0 Å². The molecule has 6 heteroatoms. The van der Waals surface area contributed by atoms with Crippen molar-refractivity contribution in [1.29, 1.82) is 0 Å². The molecule has 2 heterocycles. The van der Waals surface area contributed by atoms with Crippen LogP contribution in [0.4, 0.5) is 0 Å². The predicted molar refractivity (Wildman–Crippen MR) is 135 cm³/mol. The first-order valence-electron chi connectivity index (χ1n) is 11.1. The standard InChI is InChI=1S/C21H29BIO3P.C2H6/c1-3-4-5-8-16(26-27-23)10-11-17-19-12-15-7-6-9-21(25-2)18(15)13-22(19)14-20(17)24;1-2/h6-7,9,16,27H,3-5,8,10-14H2,1-2H3;1-2H3. The van der Waals surface area contributed by atoms with Crippen molar-refractivity contribution in [3.8, 4) is 5.75 Å². The predicted octanol–water partition coefficient (Wildman–Crippen LogP) is 6.96. The highest BCUT2D eigenvalue weighted by Crippen LogP contribution is 2.39. The van der Waals surface area contributed by atoms with Gasteiger partial charge in [-0.25, -0.2) is 0 Å². The van der Waals surface area contributed by atoms with Crippen molar-refractivity contribution in [2.24, 2.45) is 0 Å². The second-order valence-electron chi connectivity index (χ2n) is 7.66. The summed E-state index contributed by atoms with van der Waals surface area (Å²) in [6, 6.07) is 6.29. The van der Waals surface area contributed by atoms with E-state index in [0.717, 1.165) is 43.3 Å². The van der Waals surface area contributed by atoms with Crippen LogP contribution < -0.4 is 4.74 Å². The fourth-order valence-electron chi connectivity index (χ4n) is 4.55. The summed E-state index contributed by atoms with van der Waals surface area (Å²) in [6.45, 7) is 7.10. The van der Waals surface area contributed by atoms with Gasteiger partial charge in [0.2, 0.25) is 0 Å². The van der Waals surface area contributed by atoms with E-state index in [4.69, 9.17) is 9.26 Å². The molecule has 0 radical (unpaired) electrons. The van der Waals surface area contributed by atoms with Crippen molar-refractivity contribution in [3.05, 3.63) is 40.4 Å². The van der Waals surface area contributed by atoms with E-state index in [2.05, 4.69) is 41.1 Å². The number of carbonyl (C=O) groups excluding carboxylic acids is 1. The minimum absolute atomic E-state index is 0.294. The zero-order valence-electron chi connectivity index (χ0n) is 18.4. The second-order valence-corrected chi connectivity index (χ2v) is 9.37. The highest BCUT2D eigenvalue weighted by molar-refractivity contribution is 14.2. The summed E-state index contributed by atoms with van der Waals surface area (Å²) in [6.07, 6.45) is 9.50. The minimum Gasteiger partial charge on any atom is -0.496 e. The molecular formula is C23H35BIO3P. The van der Waals surface area contributed by atoms with Gasteiger partial charge >= 0.3 is 0 Å². The Morgan fingerprint density at radius 1 is 1.21 bits per heavy atom. The number of ether oxygens (including phenoxy) is 1. The molecule has 1 aromatic carbocycles. The molecule has 2 aliphatic heterocycles. The first-order valence-corrected chi connectivity index (χ1v) is 15.1. The molecule has 0 N–H and O–H groups in total. The molecule has 3 rings (SSSR count). The van der Waals surface area contributed by atoms with Crippen LogP contribution in [0.2, 0.25) is 6.32 Å². The number of fused-ring (bicyclic) bond motifs is 2. The van der Waals surface area contributed by atoms with Gasteiger partial charge in [0.15, 0.2) is 12.5 Å². The zero-order valence-corrected chi connectivity index (χ0v) is 21.5. The number of allylic oxidation sites excluding steroid dienone is 2. The van der Waals surface area contributed by atoms with Crippen molar-refractivity contribution in [1.82, 2.24) is 0 Å². The highest BCUT2D eigenvalue weighted by atomic mass is 127. The molecule has 2 unspecified atom stereocenters. The van der Waals surface area contributed by atoms with Crippen LogP contribution in [-0.2, 0) is 22.1 Å². The van der Waals surface area contributed by atoms with Crippen LogP contribution in [0, 0.1) is 0 Å². The molecule has 29 heavy (non-hydrogen) atoms. The van der Waals surface area contributed by atoms with E-state index in [1.807, 2.05) is 19.9 Å². The minimum atomic E-state index is 0.294. The molecule has 0 amide bonds. The van der Waals surface area contributed by atoms with Gasteiger partial charge in [0.1, 0.15) is 5.75 Å². The third-order valence-electron chi connectivity index (χ3n) is 5.99. The van der Waals surface area contributed by atoms with E-state index >= 15 is 0 Å². The Balaban J connectivity index is 0.00000145. The summed E-state index contributed by atoms with van der Waals surface area (Å²) < 4.78 is 11.5. The van der Waals surface area contributed by atoms with Crippen LogP contribution in [0.5, 0.6) is 5.75 Å². The van der Waals surface area contributed by atoms with Gasteiger partial charge in [0, 0.05) is 0 Å². The van der Waals surface area contributed by atoms with Gasteiger partial charge in [-0.2, -0.15) is 0 Å². The number of carbonyl (C=O) groups is 1. The maximum atomic E-state index is 12.7. The van der Waals surface area contributed by atoms with E-state index < -0.39 is 0 Å². The summed E-state index contributed by atoms with van der Waals surface area (Å²) in [7, 11) is 1.73. The fraction of sp³-hybridized carbons (Fsp3) is 0.609. The molecule has 0 saturated heterocycles. The normalized spacial score (nSPS) is 16.6. The lowest BCUT2D eigenvalue weighted by atomic mass is 9.38. The fourth-order valence-corrected chi connectivity index (χ4v) is 5.99. The summed E-state index contributed by atoms with van der Waals surface area (Å²) in [4.78, 5) is 12.7. The van der Waals surface area contributed by atoms with Gasteiger partial charge in [-0.1, -0.05) is 57.6 Å². The van der Waals surface area contributed by atoms with Gasteiger partial charge in [0.05, 0.1) is 19.7 Å². The summed E-state index contributed by atoms with van der Waals surface area (Å²) in [5.74, 6) is 1.34. The smallest absolute Gasteiger partial charge is 0.184 e. The number of ketones is 1. The quantitative estimate of drug-likeness (QED) is 0.143. The van der Waals surface area contributed by atoms with Gasteiger partial charge < -0.3 is 9.26 Å². The first kappa shape index (κ1) is 24.9. The Labute approximate surface area is 192 Å². The van der Waals surface area contributed by atoms with E-state index in [1.54, 1.807) is 7.11 Å². The molecule has 0 spiro atoms. The van der Waals surface area contributed by atoms with Crippen molar-refractivity contribution < 1.29 is 14.1 Å². The first-order chi connectivity index (χ1) is 14.2. The van der Waals surface area contributed by atoms with Gasteiger partial charge in [-0.05, 0) is 83.1 Å². The van der Waals surface area contributed by atoms with E-state index in [9.17, 15) is 4.79 Å². The number of Topliss-reactive ketones (excluding diaryl/α,β-unsaturated/α-hetero) is 1. The number of unbranched alkanes of at least 4 members (excludes halogenated alkanes) is 2. The van der Waals surface area contributed by atoms with Crippen LogP contribution in [0.15, 0.2) is 29.2 Å². The van der Waals surface area contributed by atoms with E-state index in [1.165, 1.54) is 35.9 Å². The molecule has 160 valence electrons. The van der Waals surface area contributed by atoms with E-state index in [0.29, 0.717) is 31.4 Å². The van der Waals surface area contributed by atoms with Crippen LogP contribution in [0.25, 0.3) is 0 Å². The molecule has 1 aromatic rings. The van der Waals surface area contributed by atoms with Crippen LogP contribution in [0.1, 0.15) is 70.4 Å². The summed E-state index contributed by atoms with van der Waals surface area (Å²) in [5.41, 5.74) is 5.13. The van der Waals surface area contributed by atoms with Crippen molar-refractivity contribution in [2.75, 3.05) is 7.11 Å². The van der Waals surface area contributed by atoms with Gasteiger partial charge in [-0.3, -0.25) is 4.79 Å². The molecule has 0 aromatic heterocycles. The summed E-state index contributed by atoms with van der Waals surface area (Å²) >= 11 is 2.31. The lowest BCUT2D eigenvalue weighted by Gasteiger charge is -2.24. The third-order valence-corrected chi connectivity index (χ3v) is 7.17. The number of methoxy groups -OCH3 is 1. The highest BCUT2D eigenvalue weighted by Gasteiger charge is 2.38. The average Bonchev–Trinajstić information content (AvgIpc) is 3.05. The monoisotopic (exact) mass is 528 g/mol. The largest absolute Gasteiger partial charge is 0.496 e. The Morgan fingerprint density at radius 3 is 2.69 bits per heavy atom. The molecule has 2 aliphatic rings. The number of rotatable bonds is 10. The zero-order chi connectivity index (χ0) is 21.2. The lowest BCUT2D eigenvalue weighted by Crippen LogP contribution is -2.25. The molecule has 0 saturated carbocycles. The van der Waals surface area contributed by atoms with Crippen LogP contribution in [-0.4, -0.2) is 25.7 Å². The van der Waals surface area contributed by atoms with Gasteiger partial charge in [-0.15, -0.1) is 0 Å². The van der Waals surface area contributed by atoms with Crippen LogP contribution >= 0.6 is 28.5 Å². The molecule has 2 atom stereocenters. The Morgan fingerprint density at radius 2 is 2.00 bits per heavy atom. The average molecular weight is 528 g/mol. The number of hydrogen-bond acceptors (Lipinski definition) is 3. The van der Waals surface area contributed by atoms with Crippen LogP contribution in [0.3, 0.4) is 0 Å². The van der Waals surface area contributed by atoms with Crippen molar-refractivity contribution >= 4 is 41.0 Å². The SMILES string of the molecule is CC.CCCCCC(CCC1=C2Cc3cccc(OC)c3CB2CC1=O)OPI. The van der Waals surface area contributed by atoms with Gasteiger partial charge in [0.25, 0.3) is 0 Å². The molecular weight excluding hydrogens is 493 g/mol. The Kier molecular flexibility index (Phi) is 11.3. The second kappa shape index (κ2) is 13.1. The van der Waals surface area contributed by atoms with Crippen molar-refractivity contribution in [2.45, 2.75) is 84.5 Å². The molecule has 3 nitrogen and oxygen atoms in total. The number of benzene rings is 1. The maximum absolute atomic E-state index is 12.7. The Hall–Kier alpha value is -0.385.